The Kier molecular flexibility index (Phi) is 4.57. The summed E-state index contributed by atoms with van der Waals surface area (Å²) >= 11 is 0. The van der Waals surface area contributed by atoms with Crippen LogP contribution in [0, 0.1) is 0 Å². The van der Waals surface area contributed by atoms with Crippen molar-refractivity contribution in [2.45, 2.75) is 38.1 Å². The lowest BCUT2D eigenvalue weighted by atomic mass is 9.93. The minimum absolute atomic E-state index is 0.563. The van der Waals surface area contributed by atoms with Crippen LogP contribution in [-0.2, 0) is 0 Å². The van der Waals surface area contributed by atoms with Gasteiger partial charge in [0.05, 0.1) is 0 Å². The van der Waals surface area contributed by atoms with Crippen molar-refractivity contribution < 1.29 is 0 Å². The van der Waals surface area contributed by atoms with Crippen molar-refractivity contribution in [3.8, 4) is 0 Å². The summed E-state index contributed by atoms with van der Waals surface area (Å²) in [6.07, 6.45) is 3.87. The molecule has 2 N–H and O–H groups in total. The second kappa shape index (κ2) is 6.18. The third kappa shape index (κ3) is 3.30. The number of benzene rings is 1. The van der Waals surface area contributed by atoms with Gasteiger partial charge in [-0.25, -0.2) is 0 Å². The number of nitrogens with two attached hydrogens (primary N) is 1. The van der Waals surface area contributed by atoms with Crippen molar-refractivity contribution >= 4 is 0 Å². The SMILES string of the molecule is CC(CC(CN)N1CCCC1)c1ccccc1. The molecule has 1 fully saturated rings. The maximum atomic E-state index is 5.94. The third-order valence-electron chi connectivity index (χ3n) is 3.92. The number of rotatable bonds is 5. The first-order chi connectivity index (χ1) is 8.31. The fourth-order valence-electron chi connectivity index (χ4n) is 2.83. The van der Waals surface area contributed by atoms with Crippen molar-refractivity contribution in [2.75, 3.05) is 19.6 Å². The predicted octanol–water partition coefficient (Wildman–Crippen LogP) is 2.60. The van der Waals surface area contributed by atoms with Crippen molar-refractivity contribution in [3.63, 3.8) is 0 Å². The topological polar surface area (TPSA) is 29.3 Å². The fourth-order valence-corrected chi connectivity index (χ4v) is 2.83. The van der Waals surface area contributed by atoms with Crippen molar-refractivity contribution in [2.24, 2.45) is 5.73 Å². The second-order valence-electron chi connectivity index (χ2n) is 5.18. The molecule has 1 heterocycles. The molecule has 1 saturated heterocycles. The van der Waals surface area contributed by atoms with Crippen molar-refractivity contribution in [1.29, 1.82) is 0 Å². The van der Waals surface area contributed by atoms with E-state index >= 15 is 0 Å². The molecule has 2 heteroatoms. The Hall–Kier alpha value is -0.860. The highest BCUT2D eigenvalue weighted by Gasteiger charge is 2.22. The summed E-state index contributed by atoms with van der Waals surface area (Å²) in [7, 11) is 0. The monoisotopic (exact) mass is 232 g/mol. The molecule has 0 radical (unpaired) electrons. The van der Waals surface area contributed by atoms with Gasteiger partial charge in [-0.3, -0.25) is 4.90 Å². The lowest BCUT2D eigenvalue weighted by molar-refractivity contribution is 0.227. The molecule has 1 aromatic carbocycles. The molecular formula is C15H24N2. The standard InChI is InChI=1S/C15H24N2/c1-13(14-7-3-2-4-8-14)11-15(12-16)17-9-5-6-10-17/h2-4,7-8,13,15H,5-6,9-12,16H2,1H3. The van der Waals surface area contributed by atoms with Crippen molar-refractivity contribution in [1.82, 2.24) is 4.90 Å². The summed E-state index contributed by atoms with van der Waals surface area (Å²) in [4.78, 5) is 2.57. The minimum Gasteiger partial charge on any atom is -0.329 e. The first-order valence-electron chi connectivity index (χ1n) is 6.80. The molecule has 1 aliphatic rings. The molecule has 2 unspecified atom stereocenters. The van der Waals surface area contributed by atoms with Gasteiger partial charge in [-0.05, 0) is 43.8 Å². The second-order valence-corrected chi connectivity index (χ2v) is 5.18. The van der Waals surface area contributed by atoms with E-state index in [4.69, 9.17) is 5.73 Å². The first kappa shape index (κ1) is 12.6. The quantitative estimate of drug-likeness (QED) is 0.845. The molecule has 2 nitrogen and oxygen atoms in total. The predicted molar refractivity (Wildman–Crippen MR) is 73.1 cm³/mol. The summed E-state index contributed by atoms with van der Waals surface area (Å²) in [5.41, 5.74) is 7.37. The number of hydrogen-bond donors (Lipinski definition) is 1. The smallest absolute Gasteiger partial charge is 0.0224 e. The molecule has 0 aliphatic carbocycles. The summed E-state index contributed by atoms with van der Waals surface area (Å²) < 4.78 is 0. The van der Waals surface area contributed by atoms with Gasteiger partial charge >= 0.3 is 0 Å². The van der Waals surface area contributed by atoms with E-state index in [2.05, 4.69) is 42.2 Å². The van der Waals surface area contributed by atoms with Crippen LogP contribution in [0.3, 0.4) is 0 Å². The van der Waals surface area contributed by atoms with Crippen LogP contribution < -0.4 is 5.73 Å². The number of nitrogens with zero attached hydrogens (tertiary/aromatic N) is 1. The van der Waals surface area contributed by atoms with Crippen LogP contribution in [0.25, 0.3) is 0 Å². The molecular weight excluding hydrogens is 208 g/mol. The molecule has 17 heavy (non-hydrogen) atoms. The van der Waals surface area contributed by atoms with E-state index in [9.17, 15) is 0 Å². The van der Waals surface area contributed by atoms with E-state index in [1.165, 1.54) is 37.9 Å². The molecule has 0 spiro atoms. The van der Waals surface area contributed by atoms with Crippen LogP contribution in [-0.4, -0.2) is 30.6 Å². The van der Waals surface area contributed by atoms with Gasteiger partial charge in [0.15, 0.2) is 0 Å². The third-order valence-corrected chi connectivity index (χ3v) is 3.92. The van der Waals surface area contributed by atoms with E-state index in [1.54, 1.807) is 0 Å². The van der Waals surface area contributed by atoms with E-state index in [0.717, 1.165) is 6.54 Å². The normalized spacial score (nSPS) is 20.4. The molecule has 0 aromatic heterocycles. The lowest BCUT2D eigenvalue weighted by Crippen LogP contribution is -2.39. The molecule has 0 saturated carbocycles. The van der Waals surface area contributed by atoms with Gasteiger partial charge in [0.25, 0.3) is 0 Å². The van der Waals surface area contributed by atoms with Gasteiger partial charge in [0.1, 0.15) is 0 Å². The highest BCUT2D eigenvalue weighted by molar-refractivity contribution is 5.18. The molecule has 94 valence electrons. The van der Waals surface area contributed by atoms with Crippen LogP contribution in [0.4, 0.5) is 0 Å². The van der Waals surface area contributed by atoms with Gasteiger partial charge in [-0.15, -0.1) is 0 Å². The Labute approximate surface area is 105 Å². The van der Waals surface area contributed by atoms with Gasteiger partial charge in [0.2, 0.25) is 0 Å². The maximum absolute atomic E-state index is 5.94. The highest BCUT2D eigenvalue weighted by Crippen LogP contribution is 2.24. The van der Waals surface area contributed by atoms with Gasteiger partial charge in [-0.1, -0.05) is 37.3 Å². The van der Waals surface area contributed by atoms with E-state index in [1.807, 2.05) is 0 Å². The zero-order chi connectivity index (χ0) is 12.1. The zero-order valence-corrected chi connectivity index (χ0v) is 10.8. The lowest BCUT2D eigenvalue weighted by Gasteiger charge is -2.28. The highest BCUT2D eigenvalue weighted by atomic mass is 15.2. The number of hydrogen-bond acceptors (Lipinski definition) is 2. The molecule has 0 bridgehead atoms. The van der Waals surface area contributed by atoms with Crippen LogP contribution in [0.5, 0.6) is 0 Å². The molecule has 2 rings (SSSR count). The van der Waals surface area contributed by atoms with Crippen LogP contribution >= 0.6 is 0 Å². The van der Waals surface area contributed by atoms with Crippen molar-refractivity contribution in [3.05, 3.63) is 35.9 Å². The fraction of sp³-hybridized carbons (Fsp3) is 0.600. The zero-order valence-electron chi connectivity index (χ0n) is 10.8. The Morgan fingerprint density at radius 2 is 1.82 bits per heavy atom. The average Bonchev–Trinajstić information content (AvgIpc) is 2.90. The Bertz CT molecular complexity index is 317. The minimum atomic E-state index is 0.563. The molecule has 2 atom stereocenters. The van der Waals surface area contributed by atoms with E-state index in [-0.39, 0.29) is 0 Å². The van der Waals surface area contributed by atoms with E-state index < -0.39 is 0 Å². The van der Waals surface area contributed by atoms with Gasteiger partial charge in [0, 0.05) is 12.6 Å². The molecule has 1 aromatic rings. The largest absolute Gasteiger partial charge is 0.329 e. The van der Waals surface area contributed by atoms with Crippen LogP contribution in [0.15, 0.2) is 30.3 Å². The Morgan fingerprint density at radius 1 is 1.18 bits per heavy atom. The first-order valence-corrected chi connectivity index (χ1v) is 6.80. The number of likely N-dealkylation sites (tertiary alicyclic amines) is 1. The maximum Gasteiger partial charge on any atom is 0.0224 e. The summed E-state index contributed by atoms with van der Waals surface area (Å²) in [6.45, 7) is 5.58. The molecule has 0 amide bonds. The molecule has 1 aliphatic heterocycles. The van der Waals surface area contributed by atoms with E-state index in [0.29, 0.717) is 12.0 Å². The summed E-state index contributed by atoms with van der Waals surface area (Å²) in [6, 6.07) is 11.3. The van der Waals surface area contributed by atoms with Crippen LogP contribution in [0.1, 0.15) is 37.7 Å². The summed E-state index contributed by atoms with van der Waals surface area (Å²) in [5.74, 6) is 0.602. The Balaban J connectivity index is 1.94. The van der Waals surface area contributed by atoms with Gasteiger partial charge < -0.3 is 5.73 Å². The van der Waals surface area contributed by atoms with Crippen LogP contribution in [0.2, 0.25) is 0 Å². The van der Waals surface area contributed by atoms with Gasteiger partial charge in [-0.2, -0.15) is 0 Å². The average molecular weight is 232 g/mol. The summed E-state index contributed by atoms with van der Waals surface area (Å²) in [5, 5.41) is 0. The Morgan fingerprint density at radius 3 is 2.41 bits per heavy atom.